The monoisotopic (exact) mass is 352 g/mol. The molecule has 26 heavy (non-hydrogen) atoms. The molecule has 1 unspecified atom stereocenters. The number of hydrogen-bond acceptors (Lipinski definition) is 3. The highest BCUT2D eigenvalue weighted by Gasteiger charge is 2.41. The minimum Gasteiger partial charge on any atom is -0.385 e. The first kappa shape index (κ1) is 18.8. The van der Waals surface area contributed by atoms with Crippen LogP contribution in [-0.4, -0.2) is 32.8 Å². The van der Waals surface area contributed by atoms with Crippen molar-refractivity contribution in [2.24, 2.45) is 0 Å². The zero-order valence-electron chi connectivity index (χ0n) is 16.6. The number of anilines is 2. The van der Waals surface area contributed by atoms with Gasteiger partial charge >= 0.3 is 0 Å². The van der Waals surface area contributed by atoms with Crippen LogP contribution in [0.3, 0.4) is 0 Å². The molecule has 0 bridgehead atoms. The number of benzene rings is 2. The van der Waals surface area contributed by atoms with Gasteiger partial charge in [-0.1, -0.05) is 36.4 Å². The standard InChI is InChI=1S/C23H32N2O/c1-22(2)18-23(14-16-26-22,19-9-6-5-7-10-19)13-15-24-20-11-8-12-21(17-20)25(3)4/h5-12,17,24H,13-16,18H2,1-4H3. The minimum atomic E-state index is -0.0705. The van der Waals surface area contributed by atoms with Crippen LogP contribution in [0.4, 0.5) is 11.4 Å². The van der Waals surface area contributed by atoms with Gasteiger partial charge in [0.25, 0.3) is 0 Å². The van der Waals surface area contributed by atoms with Gasteiger partial charge in [0.1, 0.15) is 0 Å². The van der Waals surface area contributed by atoms with Crippen molar-refractivity contribution in [1.82, 2.24) is 0 Å². The summed E-state index contributed by atoms with van der Waals surface area (Å²) in [5.74, 6) is 0. The molecule has 2 aromatic rings. The summed E-state index contributed by atoms with van der Waals surface area (Å²) in [6.45, 7) is 6.23. The summed E-state index contributed by atoms with van der Waals surface area (Å²) in [6.07, 6.45) is 3.25. The van der Waals surface area contributed by atoms with Gasteiger partial charge in [-0.3, -0.25) is 0 Å². The van der Waals surface area contributed by atoms with Crippen molar-refractivity contribution in [1.29, 1.82) is 0 Å². The first-order chi connectivity index (χ1) is 12.4. The van der Waals surface area contributed by atoms with Crippen LogP contribution in [0.25, 0.3) is 0 Å². The summed E-state index contributed by atoms with van der Waals surface area (Å²) in [5.41, 5.74) is 3.96. The number of ether oxygens (including phenoxy) is 1. The summed E-state index contributed by atoms with van der Waals surface area (Å²) < 4.78 is 6.02. The van der Waals surface area contributed by atoms with Crippen LogP contribution in [0, 0.1) is 0 Å². The van der Waals surface area contributed by atoms with Gasteiger partial charge in [0.15, 0.2) is 0 Å². The van der Waals surface area contributed by atoms with Crippen molar-refractivity contribution in [3.8, 4) is 0 Å². The number of hydrogen-bond donors (Lipinski definition) is 1. The molecule has 0 amide bonds. The topological polar surface area (TPSA) is 24.5 Å². The second-order valence-electron chi connectivity index (χ2n) is 8.30. The maximum Gasteiger partial charge on any atom is 0.0635 e. The van der Waals surface area contributed by atoms with E-state index in [1.54, 1.807) is 0 Å². The zero-order valence-corrected chi connectivity index (χ0v) is 16.6. The Labute approximate surface area is 158 Å². The number of nitrogens with zero attached hydrogens (tertiary/aromatic N) is 1. The first-order valence-corrected chi connectivity index (χ1v) is 9.61. The zero-order chi connectivity index (χ0) is 18.6. The SMILES string of the molecule is CN(C)c1cccc(NCCC2(c3ccccc3)CCOC(C)(C)C2)c1. The Morgan fingerprint density at radius 1 is 1.04 bits per heavy atom. The molecule has 1 atom stereocenters. The molecule has 1 heterocycles. The number of nitrogens with one attached hydrogen (secondary N) is 1. The lowest BCUT2D eigenvalue weighted by Crippen LogP contribution is -2.44. The molecule has 140 valence electrons. The summed E-state index contributed by atoms with van der Waals surface area (Å²) in [6, 6.07) is 19.6. The third-order valence-electron chi connectivity index (χ3n) is 5.52. The lowest BCUT2D eigenvalue weighted by Gasteiger charge is -2.45. The minimum absolute atomic E-state index is 0.0705. The molecule has 0 radical (unpaired) electrons. The predicted molar refractivity (Wildman–Crippen MR) is 111 cm³/mol. The van der Waals surface area contributed by atoms with Gasteiger partial charge in [-0.25, -0.2) is 0 Å². The van der Waals surface area contributed by atoms with Gasteiger partial charge < -0.3 is 15.0 Å². The molecular formula is C23H32N2O. The molecule has 0 aliphatic carbocycles. The second-order valence-corrected chi connectivity index (χ2v) is 8.30. The van der Waals surface area contributed by atoms with Crippen molar-refractivity contribution < 1.29 is 4.74 Å². The molecule has 0 saturated carbocycles. The van der Waals surface area contributed by atoms with Crippen LogP contribution in [0.5, 0.6) is 0 Å². The Morgan fingerprint density at radius 3 is 2.50 bits per heavy atom. The fraction of sp³-hybridized carbons (Fsp3) is 0.478. The van der Waals surface area contributed by atoms with Crippen LogP contribution >= 0.6 is 0 Å². The van der Waals surface area contributed by atoms with E-state index in [0.717, 1.165) is 32.4 Å². The molecule has 0 spiro atoms. The first-order valence-electron chi connectivity index (χ1n) is 9.61. The second kappa shape index (κ2) is 7.71. The lowest BCUT2D eigenvalue weighted by molar-refractivity contribution is -0.0834. The Balaban J connectivity index is 1.74. The van der Waals surface area contributed by atoms with Crippen LogP contribution in [0.2, 0.25) is 0 Å². The summed E-state index contributed by atoms with van der Waals surface area (Å²) in [4.78, 5) is 2.14. The van der Waals surface area contributed by atoms with Crippen LogP contribution in [0.1, 0.15) is 38.7 Å². The fourth-order valence-electron chi connectivity index (χ4n) is 4.21. The Kier molecular flexibility index (Phi) is 5.57. The maximum atomic E-state index is 6.02. The van der Waals surface area contributed by atoms with Gasteiger partial charge in [-0.15, -0.1) is 0 Å². The Bertz CT molecular complexity index is 711. The van der Waals surface area contributed by atoms with Crippen molar-refractivity contribution in [2.45, 2.75) is 44.1 Å². The van der Waals surface area contributed by atoms with Gasteiger partial charge in [0, 0.05) is 44.0 Å². The van der Waals surface area contributed by atoms with Crippen molar-refractivity contribution >= 4 is 11.4 Å². The largest absolute Gasteiger partial charge is 0.385 e. The smallest absolute Gasteiger partial charge is 0.0635 e. The van der Waals surface area contributed by atoms with Gasteiger partial charge in [0.05, 0.1) is 5.60 Å². The highest BCUT2D eigenvalue weighted by atomic mass is 16.5. The quantitative estimate of drug-likeness (QED) is 0.784. The molecule has 3 nitrogen and oxygen atoms in total. The van der Waals surface area contributed by atoms with Crippen LogP contribution in [-0.2, 0) is 10.2 Å². The van der Waals surface area contributed by atoms with Crippen LogP contribution in [0.15, 0.2) is 54.6 Å². The summed E-state index contributed by atoms with van der Waals surface area (Å²) in [5, 5.41) is 3.64. The van der Waals surface area contributed by atoms with E-state index in [2.05, 4.69) is 92.8 Å². The summed E-state index contributed by atoms with van der Waals surface area (Å²) in [7, 11) is 4.15. The molecule has 1 aliphatic heterocycles. The fourth-order valence-corrected chi connectivity index (χ4v) is 4.21. The molecule has 1 fully saturated rings. The predicted octanol–water partition coefficient (Wildman–Crippen LogP) is 5.08. The Morgan fingerprint density at radius 2 is 1.81 bits per heavy atom. The highest BCUT2D eigenvalue weighted by Crippen LogP contribution is 2.43. The van der Waals surface area contributed by atoms with E-state index in [1.807, 2.05) is 0 Å². The number of rotatable bonds is 6. The van der Waals surface area contributed by atoms with Crippen LogP contribution < -0.4 is 10.2 Å². The molecule has 3 heteroatoms. The van der Waals surface area contributed by atoms with E-state index in [9.17, 15) is 0 Å². The van der Waals surface area contributed by atoms with E-state index < -0.39 is 0 Å². The van der Waals surface area contributed by atoms with E-state index in [0.29, 0.717) is 0 Å². The van der Waals surface area contributed by atoms with Gasteiger partial charge in [-0.2, -0.15) is 0 Å². The van der Waals surface area contributed by atoms with E-state index in [1.165, 1.54) is 16.9 Å². The van der Waals surface area contributed by atoms with Crippen molar-refractivity contribution in [3.05, 3.63) is 60.2 Å². The normalized spacial score (nSPS) is 22.0. The van der Waals surface area contributed by atoms with Crippen molar-refractivity contribution in [3.63, 3.8) is 0 Å². The van der Waals surface area contributed by atoms with Gasteiger partial charge in [-0.05, 0) is 56.9 Å². The molecule has 1 N–H and O–H groups in total. The molecule has 3 rings (SSSR count). The Hall–Kier alpha value is -2.00. The van der Waals surface area contributed by atoms with Gasteiger partial charge in [0.2, 0.25) is 0 Å². The van der Waals surface area contributed by atoms with E-state index in [-0.39, 0.29) is 11.0 Å². The molecule has 0 aromatic heterocycles. The average Bonchev–Trinajstić information content (AvgIpc) is 2.62. The molecular weight excluding hydrogens is 320 g/mol. The third kappa shape index (κ3) is 4.39. The highest BCUT2D eigenvalue weighted by molar-refractivity contribution is 5.57. The molecule has 2 aromatic carbocycles. The van der Waals surface area contributed by atoms with E-state index >= 15 is 0 Å². The third-order valence-corrected chi connectivity index (χ3v) is 5.52. The van der Waals surface area contributed by atoms with E-state index in [4.69, 9.17) is 4.74 Å². The summed E-state index contributed by atoms with van der Waals surface area (Å²) >= 11 is 0. The van der Waals surface area contributed by atoms with Crippen molar-refractivity contribution in [2.75, 3.05) is 37.5 Å². The molecule has 1 aliphatic rings. The average molecular weight is 353 g/mol. The lowest BCUT2D eigenvalue weighted by atomic mass is 9.67. The molecule has 1 saturated heterocycles. The maximum absolute atomic E-state index is 6.02.